The summed E-state index contributed by atoms with van der Waals surface area (Å²) in [7, 11) is 0. The molecule has 0 saturated carbocycles. The van der Waals surface area contributed by atoms with Crippen LogP contribution in [0.15, 0.2) is 34.2 Å². The molecule has 1 aromatic heterocycles. The second kappa shape index (κ2) is 15.5. The number of ether oxygens (including phenoxy) is 1. The number of nitrogens with zero attached hydrogens (tertiary/aromatic N) is 1. The van der Waals surface area contributed by atoms with Crippen LogP contribution in [0.3, 0.4) is 0 Å². The molecule has 2 rings (SSSR count). The number of Topliss-reactive ketones (excluding diaryl/α,β-unsaturated/α-hetero) is 1. The van der Waals surface area contributed by atoms with Gasteiger partial charge in [0.05, 0.1) is 18.5 Å². The Balaban J connectivity index is 2.30. The van der Waals surface area contributed by atoms with Crippen LogP contribution < -0.4 is 10.6 Å². The second-order valence-electron chi connectivity index (χ2n) is 11.6. The molecule has 2 N–H and O–H groups in total. The molecule has 2 amide bonds. The molecule has 1 aliphatic heterocycles. The summed E-state index contributed by atoms with van der Waals surface area (Å²) in [5.41, 5.74) is 2.11. The minimum Gasteiger partial charge on any atom is -0.456 e. The van der Waals surface area contributed by atoms with Gasteiger partial charge in [0, 0.05) is 0 Å². The van der Waals surface area contributed by atoms with Gasteiger partial charge in [0.2, 0.25) is 11.8 Å². The zero-order valence-corrected chi connectivity index (χ0v) is 25.3. The summed E-state index contributed by atoms with van der Waals surface area (Å²) in [5, 5.41) is 5.58. The third-order valence-electron chi connectivity index (χ3n) is 7.79. The van der Waals surface area contributed by atoms with Crippen LogP contribution in [0.5, 0.6) is 0 Å². The van der Waals surface area contributed by atoms with Crippen molar-refractivity contribution < 1.29 is 28.3 Å². The zero-order valence-electron chi connectivity index (χ0n) is 25.3. The van der Waals surface area contributed by atoms with Gasteiger partial charge < -0.3 is 19.8 Å². The van der Waals surface area contributed by atoms with Crippen LogP contribution in [-0.4, -0.2) is 46.7 Å². The Bertz CT molecular complexity index is 1080. The van der Waals surface area contributed by atoms with Crippen molar-refractivity contribution in [1.29, 1.82) is 0 Å². The van der Waals surface area contributed by atoms with E-state index in [1.54, 1.807) is 13.1 Å². The Hall–Kier alpha value is -3.23. The molecule has 0 aromatic carbocycles. The molecule has 0 radical (unpaired) electrons. The fourth-order valence-corrected chi connectivity index (χ4v) is 4.95. The second-order valence-corrected chi connectivity index (χ2v) is 11.6. The average Bonchev–Trinajstić information content (AvgIpc) is 3.40. The van der Waals surface area contributed by atoms with E-state index in [1.807, 2.05) is 53.7 Å². The summed E-state index contributed by atoms with van der Waals surface area (Å²) in [5.74, 6) is -2.02. The van der Waals surface area contributed by atoms with E-state index in [-0.39, 0.29) is 30.0 Å². The van der Waals surface area contributed by atoms with Crippen molar-refractivity contribution >= 4 is 29.6 Å². The fourth-order valence-electron chi connectivity index (χ4n) is 4.95. The molecular weight excluding hydrogens is 510 g/mol. The minimum absolute atomic E-state index is 0.178. The Labute approximate surface area is 238 Å². The van der Waals surface area contributed by atoms with Crippen LogP contribution >= 0.6 is 0 Å². The summed E-state index contributed by atoms with van der Waals surface area (Å²) in [6, 6.07) is -1.75. The number of carbonyl (C=O) groups excluding carboxylic acids is 4. The van der Waals surface area contributed by atoms with Crippen molar-refractivity contribution in [2.24, 2.45) is 23.7 Å². The van der Waals surface area contributed by atoms with E-state index < -0.39 is 41.9 Å². The van der Waals surface area contributed by atoms with Crippen LogP contribution in [0, 0.1) is 23.7 Å². The molecule has 9 heteroatoms. The number of rotatable bonds is 10. The monoisotopic (exact) mass is 557 g/mol. The molecule has 0 aliphatic carbocycles. The van der Waals surface area contributed by atoms with Crippen molar-refractivity contribution in [3.8, 4) is 0 Å². The first-order chi connectivity index (χ1) is 18.9. The molecule has 9 nitrogen and oxygen atoms in total. The lowest BCUT2D eigenvalue weighted by molar-refractivity contribution is -0.156. The maximum atomic E-state index is 13.5. The van der Waals surface area contributed by atoms with E-state index in [2.05, 4.69) is 22.5 Å². The smallest absolute Gasteiger partial charge is 0.329 e. The number of hydrogen-bond donors (Lipinski definition) is 2. The molecule has 7 atom stereocenters. The Morgan fingerprint density at radius 3 is 2.23 bits per heavy atom. The number of cyclic esters (lactones) is 1. The maximum absolute atomic E-state index is 13.5. The van der Waals surface area contributed by atoms with Crippen LogP contribution in [0.1, 0.15) is 93.3 Å². The van der Waals surface area contributed by atoms with Crippen molar-refractivity contribution in [1.82, 2.24) is 15.6 Å². The molecular formula is C31H47N3O6. The SMILES string of the molecule is CCC(C)[C@@H]1NC(=O)[C@@H](C(C)CC)NC(=O)CC(=O)[C@H](C)[C@H](/C=C(\C)CC(C)C/C(C)=C/c2cnco2)OC1=O. The number of allylic oxidation sites excluding steroid dienone is 2. The van der Waals surface area contributed by atoms with Gasteiger partial charge in [0.15, 0.2) is 6.39 Å². The van der Waals surface area contributed by atoms with Gasteiger partial charge in [-0.05, 0) is 56.6 Å². The zero-order chi connectivity index (χ0) is 30.0. The van der Waals surface area contributed by atoms with Gasteiger partial charge in [-0.2, -0.15) is 0 Å². The Morgan fingerprint density at radius 2 is 1.62 bits per heavy atom. The van der Waals surface area contributed by atoms with E-state index in [9.17, 15) is 19.2 Å². The van der Waals surface area contributed by atoms with Crippen molar-refractivity contribution in [3.63, 3.8) is 0 Å². The fraction of sp³-hybridized carbons (Fsp3) is 0.645. The summed E-state index contributed by atoms with van der Waals surface area (Å²) < 4.78 is 11.2. The van der Waals surface area contributed by atoms with Crippen molar-refractivity contribution in [2.75, 3.05) is 0 Å². The van der Waals surface area contributed by atoms with Gasteiger partial charge in [0.25, 0.3) is 0 Å². The van der Waals surface area contributed by atoms with E-state index in [4.69, 9.17) is 9.15 Å². The van der Waals surface area contributed by atoms with Crippen LogP contribution in [0.4, 0.5) is 0 Å². The van der Waals surface area contributed by atoms with Gasteiger partial charge >= 0.3 is 5.97 Å². The molecule has 2 heterocycles. The van der Waals surface area contributed by atoms with Gasteiger partial charge in [-0.3, -0.25) is 14.4 Å². The number of carbonyl (C=O) groups is 4. The molecule has 3 unspecified atom stereocenters. The highest BCUT2D eigenvalue weighted by molar-refractivity contribution is 6.01. The first-order valence-corrected chi connectivity index (χ1v) is 14.4. The normalized spacial score (nSPS) is 26.1. The molecule has 1 aliphatic rings. The summed E-state index contributed by atoms with van der Waals surface area (Å²) in [4.78, 5) is 56.6. The van der Waals surface area contributed by atoms with Crippen LogP contribution in [0.25, 0.3) is 6.08 Å². The van der Waals surface area contributed by atoms with Crippen molar-refractivity contribution in [3.05, 3.63) is 35.6 Å². The van der Waals surface area contributed by atoms with E-state index in [0.717, 1.165) is 24.0 Å². The van der Waals surface area contributed by atoms with E-state index >= 15 is 0 Å². The number of aromatic nitrogens is 1. The van der Waals surface area contributed by atoms with Crippen LogP contribution in [0.2, 0.25) is 0 Å². The quantitative estimate of drug-likeness (QED) is 0.235. The van der Waals surface area contributed by atoms with E-state index in [1.165, 1.54) is 6.39 Å². The topological polar surface area (TPSA) is 128 Å². The first-order valence-electron chi connectivity index (χ1n) is 14.4. The van der Waals surface area contributed by atoms with Gasteiger partial charge in [-0.25, -0.2) is 9.78 Å². The van der Waals surface area contributed by atoms with Crippen molar-refractivity contribution in [2.45, 2.75) is 106 Å². The molecule has 222 valence electrons. The molecule has 1 aromatic rings. The van der Waals surface area contributed by atoms with Gasteiger partial charge in [0.1, 0.15) is 29.7 Å². The van der Waals surface area contributed by atoms with Gasteiger partial charge in [-0.15, -0.1) is 0 Å². The molecule has 1 fully saturated rings. The average molecular weight is 558 g/mol. The lowest BCUT2D eigenvalue weighted by atomic mass is 9.90. The standard InChI is InChI=1S/C31H47N3O6/c1-9-21(6)28-30(37)34-29(22(7)10-2)31(38)40-26(23(8)25(35)15-27(36)33-28)14-20(5)12-18(3)11-19(4)13-24-16-32-17-39-24/h13-14,16-18,21-23,26,28-29H,9-12,15H2,1-8H3,(H,33,36)(H,34,37)/b19-13+,20-14+/t18?,21?,22?,23-,26-,28+,29-/m0/s1. The molecule has 1 saturated heterocycles. The number of oxazole rings is 1. The predicted octanol–water partition coefficient (Wildman–Crippen LogP) is 5.02. The third kappa shape index (κ3) is 9.75. The summed E-state index contributed by atoms with van der Waals surface area (Å²) in [6.45, 7) is 15.4. The predicted molar refractivity (Wildman–Crippen MR) is 154 cm³/mol. The number of esters is 1. The Kier molecular flexibility index (Phi) is 12.8. The highest BCUT2D eigenvalue weighted by atomic mass is 16.5. The lowest BCUT2D eigenvalue weighted by Crippen LogP contribution is -2.57. The largest absolute Gasteiger partial charge is 0.456 e. The van der Waals surface area contributed by atoms with Gasteiger partial charge in [-0.1, -0.05) is 65.5 Å². The summed E-state index contributed by atoms with van der Waals surface area (Å²) >= 11 is 0. The van der Waals surface area contributed by atoms with E-state index in [0.29, 0.717) is 18.6 Å². The maximum Gasteiger partial charge on any atom is 0.329 e. The highest BCUT2D eigenvalue weighted by Gasteiger charge is 2.37. The minimum atomic E-state index is -0.901. The molecule has 0 bridgehead atoms. The highest BCUT2D eigenvalue weighted by Crippen LogP contribution is 2.24. The summed E-state index contributed by atoms with van der Waals surface area (Å²) in [6.07, 6.45) is 8.39. The molecule has 0 spiro atoms. The lowest BCUT2D eigenvalue weighted by Gasteiger charge is -2.31. The Morgan fingerprint density at radius 1 is 1.00 bits per heavy atom. The first kappa shape index (κ1) is 33.0. The van der Waals surface area contributed by atoms with Crippen LogP contribution in [-0.2, 0) is 23.9 Å². The number of hydrogen-bond acceptors (Lipinski definition) is 7. The molecule has 40 heavy (non-hydrogen) atoms. The number of nitrogens with one attached hydrogen (secondary N) is 2. The number of amides is 2. The third-order valence-corrected chi connectivity index (χ3v) is 7.79. The number of ketones is 1.